The molecule has 0 radical (unpaired) electrons. The van der Waals surface area contributed by atoms with Crippen LogP contribution in [0.5, 0.6) is 0 Å². The lowest BCUT2D eigenvalue weighted by Gasteiger charge is -2.25. The first-order valence-corrected chi connectivity index (χ1v) is 9.43. The number of nitrogens with one attached hydrogen (secondary N) is 3. The van der Waals surface area contributed by atoms with Crippen molar-refractivity contribution >= 4 is 23.3 Å². The van der Waals surface area contributed by atoms with Crippen molar-refractivity contribution in [1.82, 2.24) is 5.32 Å². The van der Waals surface area contributed by atoms with E-state index >= 15 is 0 Å². The summed E-state index contributed by atoms with van der Waals surface area (Å²) in [5.74, 6) is 0.00954. The molecule has 1 aromatic rings. The van der Waals surface area contributed by atoms with Crippen LogP contribution in [-0.4, -0.2) is 37.2 Å². The van der Waals surface area contributed by atoms with Gasteiger partial charge in [-0.25, -0.2) is 4.79 Å². The van der Waals surface area contributed by atoms with Gasteiger partial charge in [-0.3, -0.25) is 4.79 Å². The summed E-state index contributed by atoms with van der Waals surface area (Å²) < 4.78 is 5.47. The van der Waals surface area contributed by atoms with E-state index in [0.29, 0.717) is 12.2 Å². The molecule has 1 aromatic carbocycles. The SMILES string of the molecule is NC1CCCC(C(=O)Nc2ccc(NC(=O)NCC3CCCO3)cc2)C1. The van der Waals surface area contributed by atoms with Gasteiger partial charge in [-0.05, 0) is 56.4 Å². The second kappa shape index (κ2) is 9.00. The van der Waals surface area contributed by atoms with E-state index in [1.54, 1.807) is 24.3 Å². The number of carbonyl (C=O) groups is 2. The van der Waals surface area contributed by atoms with Gasteiger partial charge in [0.2, 0.25) is 5.91 Å². The number of amides is 3. The first kappa shape index (κ1) is 18.7. The molecule has 3 rings (SSSR count). The summed E-state index contributed by atoms with van der Waals surface area (Å²) in [4.78, 5) is 24.2. The van der Waals surface area contributed by atoms with Gasteiger partial charge >= 0.3 is 6.03 Å². The summed E-state index contributed by atoms with van der Waals surface area (Å²) in [6, 6.07) is 6.99. The van der Waals surface area contributed by atoms with Crippen molar-refractivity contribution in [3.8, 4) is 0 Å². The van der Waals surface area contributed by atoms with Gasteiger partial charge in [0.05, 0.1) is 6.10 Å². The Kier molecular flexibility index (Phi) is 6.46. The molecule has 1 aliphatic carbocycles. The molecule has 7 nitrogen and oxygen atoms in total. The van der Waals surface area contributed by atoms with Crippen molar-refractivity contribution in [1.29, 1.82) is 0 Å². The number of nitrogens with two attached hydrogens (primary N) is 1. The van der Waals surface area contributed by atoms with E-state index in [4.69, 9.17) is 10.5 Å². The third-order valence-corrected chi connectivity index (χ3v) is 5.01. The van der Waals surface area contributed by atoms with Gasteiger partial charge in [-0.2, -0.15) is 0 Å². The molecule has 7 heteroatoms. The van der Waals surface area contributed by atoms with E-state index in [2.05, 4.69) is 16.0 Å². The van der Waals surface area contributed by atoms with Crippen molar-refractivity contribution in [3.05, 3.63) is 24.3 Å². The Morgan fingerprint density at radius 2 is 1.77 bits per heavy atom. The minimum absolute atomic E-state index is 0.0138. The highest BCUT2D eigenvalue weighted by molar-refractivity contribution is 5.93. The fourth-order valence-electron chi connectivity index (χ4n) is 3.53. The van der Waals surface area contributed by atoms with Crippen molar-refractivity contribution in [2.45, 2.75) is 50.7 Å². The van der Waals surface area contributed by atoms with Gasteiger partial charge in [0, 0.05) is 36.5 Å². The van der Waals surface area contributed by atoms with Crippen LogP contribution in [0.4, 0.5) is 16.2 Å². The fraction of sp³-hybridized carbons (Fsp3) is 0.579. The van der Waals surface area contributed by atoms with Crippen LogP contribution in [0.25, 0.3) is 0 Å². The second-order valence-electron chi connectivity index (χ2n) is 7.16. The van der Waals surface area contributed by atoms with Gasteiger partial charge in [-0.15, -0.1) is 0 Å². The summed E-state index contributed by atoms with van der Waals surface area (Å²) in [5, 5.41) is 8.53. The molecule has 0 spiro atoms. The first-order valence-electron chi connectivity index (χ1n) is 9.43. The second-order valence-corrected chi connectivity index (χ2v) is 7.16. The lowest BCUT2D eigenvalue weighted by molar-refractivity contribution is -0.120. The van der Waals surface area contributed by atoms with Crippen LogP contribution in [0.3, 0.4) is 0 Å². The maximum atomic E-state index is 12.3. The van der Waals surface area contributed by atoms with Crippen molar-refractivity contribution < 1.29 is 14.3 Å². The number of ether oxygens (including phenoxy) is 1. The average molecular weight is 360 g/mol. The van der Waals surface area contributed by atoms with E-state index in [1.807, 2.05) is 0 Å². The zero-order chi connectivity index (χ0) is 18.4. The molecule has 1 saturated carbocycles. The zero-order valence-electron chi connectivity index (χ0n) is 15.0. The lowest BCUT2D eigenvalue weighted by Crippen LogP contribution is -2.35. The minimum Gasteiger partial charge on any atom is -0.376 e. The van der Waals surface area contributed by atoms with Gasteiger partial charge in [0.1, 0.15) is 0 Å². The van der Waals surface area contributed by atoms with Gasteiger partial charge in [0.15, 0.2) is 0 Å². The molecule has 1 saturated heterocycles. The molecule has 2 aliphatic rings. The van der Waals surface area contributed by atoms with E-state index in [9.17, 15) is 9.59 Å². The Bertz CT molecular complexity index is 614. The van der Waals surface area contributed by atoms with Crippen molar-refractivity contribution in [2.75, 3.05) is 23.8 Å². The van der Waals surface area contributed by atoms with E-state index in [0.717, 1.165) is 50.8 Å². The topological polar surface area (TPSA) is 105 Å². The van der Waals surface area contributed by atoms with Gasteiger partial charge < -0.3 is 26.4 Å². The summed E-state index contributed by atoms with van der Waals surface area (Å²) in [6.45, 7) is 1.29. The van der Waals surface area contributed by atoms with Crippen LogP contribution in [0.15, 0.2) is 24.3 Å². The number of benzene rings is 1. The molecule has 26 heavy (non-hydrogen) atoms. The molecule has 3 unspecified atom stereocenters. The Hall–Kier alpha value is -2.12. The number of hydrogen-bond donors (Lipinski definition) is 4. The average Bonchev–Trinajstić information content (AvgIpc) is 3.15. The number of anilines is 2. The molecular formula is C19H28N4O3. The maximum Gasteiger partial charge on any atom is 0.319 e. The highest BCUT2D eigenvalue weighted by Crippen LogP contribution is 2.24. The highest BCUT2D eigenvalue weighted by Gasteiger charge is 2.25. The molecule has 1 heterocycles. The smallest absolute Gasteiger partial charge is 0.319 e. The molecule has 142 valence electrons. The third kappa shape index (κ3) is 5.44. The quantitative estimate of drug-likeness (QED) is 0.647. The number of hydrogen-bond acceptors (Lipinski definition) is 4. The lowest BCUT2D eigenvalue weighted by atomic mass is 9.85. The van der Waals surface area contributed by atoms with Crippen LogP contribution in [0, 0.1) is 5.92 Å². The predicted molar refractivity (Wildman–Crippen MR) is 101 cm³/mol. The Balaban J connectivity index is 1.43. The Labute approximate surface area is 154 Å². The van der Waals surface area contributed by atoms with Crippen LogP contribution >= 0.6 is 0 Å². The Morgan fingerprint density at radius 1 is 1.04 bits per heavy atom. The summed E-state index contributed by atoms with van der Waals surface area (Å²) in [5.41, 5.74) is 7.35. The first-order chi connectivity index (χ1) is 12.6. The largest absolute Gasteiger partial charge is 0.376 e. The van der Waals surface area contributed by atoms with Crippen molar-refractivity contribution in [3.63, 3.8) is 0 Å². The Morgan fingerprint density at radius 3 is 2.42 bits per heavy atom. The highest BCUT2D eigenvalue weighted by atomic mass is 16.5. The van der Waals surface area contributed by atoms with Gasteiger partial charge in [-0.1, -0.05) is 6.42 Å². The third-order valence-electron chi connectivity index (χ3n) is 5.01. The minimum atomic E-state index is -0.256. The predicted octanol–water partition coefficient (Wildman–Crippen LogP) is 2.44. The van der Waals surface area contributed by atoms with Crippen LogP contribution in [0.1, 0.15) is 38.5 Å². The molecular weight excluding hydrogens is 332 g/mol. The standard InChI is InChI=1S/C19H28N4O3/c20-14-4-1-3-13(11-14)18(24)22-15-6-8-16(9-7-15)23-19(25)21-12-17-5-2-10-26-17/h6-9,13-14,17H,1-5,10-12,20H2,(H,22,24)(H2,21,23,25). The molecule has 0 bridgehead atoms. The molecule has 5 N–H and O–H groups in total. The van der Waals surface area contributed by atoms with Crippen LogP contribution < -0.4 is 21.7 Å². The number of carbonyl (C=O) groups excluding carboxylic acids is 2. The van der Waals surface area contributed by atoms with Crippen LogP contribution in [0.2, 0.25) is 0 Å². The maximum absolute atomic E-state index is 12.3. The number of urea groups is 1. The monoisotopic (exact) mass is 360 g/mol. The fourth-order valence-corrected chi connectivity index (χ4v) is 3.53. The molecule has 2 fully saturated rings. The summed E-state index contributed by atoms with van der Waals surface area (Å²) in [7, 11) is 0. The molecule has 3 amide bonds. The van der Waals surface area contributed by atoms with E-state index < -0.39 is 0 Å². The molecule has 3 atom stereocenters. The van der Waals surface area contributed by atoms with E-state index in [1.165, 1.54) is 0 Å². The zero-order valence-corrected chi connectivity index (χ0v) is 15.0. The van der Waals surface area contributed by atoms with Crippen molar-refractivity contribution in [2.24, 2.45) is 11.7 Å². The summed E-state index contributed by atoms with van der Waals surface area (Å²) >= 11 is 0. The summed E-state index contributed by atoms with van der Waals surface area (Å²) in [6.07, 6.45) is 5.79. The normalized spacial score (nSPS) is 25.5. The molecule has 0 aromatic heterocycles. The van der Waals surface area contributed by atoms with Gasteiger partial charge in [0.25, 0.3) is 0 Å². The number of rotatable bonds is 5. The molecule has 1 aliphatic heterocycles. The van der Waals surface area contributed by atoms with Crippen LogP contribution in [-0.2, 0) is 9.53 Å². The van der Waals surface area contributed by atoms with E-state index in [-0.39, 0.29) is 30.0 Å².